The van der Waals surface area contributed by atoms with Crippen molar-refractivity contribution >= 4 is 31.8 Å². The third kappa shape index (κ3) is 7.20. The Balaban J connectivity index is 0.00000420. The number of hydrogen-bond acceptors (Lipinski definition) is 2. The van der Waals surface area contributed by atoms with E-state index in [-0.39, 0.29) is 24.8 Å². The SMILES string of the molecule is C=CCN(CC=C)[SiH](N(CC=C)CC=C)[Ti]([C]1=C(C)C=CC1)[C]1=C(C)C=CC1.Cl.Cl. The van der Waals surface area contributed by atoms with Crippen molar-refractivity contribution in [2.45, 2.75) is 26.7 Å². The summed E-state index contributed by atoms with van der Waals surface area (Å²) < 4.78 is 8.90. The molecule has 2 nitrogen and oxygen atoms in total. The van der Waals surface area contributed by atoms with Crippen molar-refractivity contribution in [3.8, 4) is 0 Å². The fraction of sp³-hybridized carbons (Fsp3) is 0.333. The molecule has 0 aromatic carbocycles. The number of allylic oxidation sites excluding steroid dienone is 8. The normalized spacial score (nSPS) is 15.0. The van der Waals surface area contributed by atoms with Crippen molar-refractivity contribution in [1.82, 2.24) is 9.13 Å². The van der Waals surface area contributed by atoms with E-state index in [1.54, 1.807) is 7.76 Å². The first-order chi connectivity index (χ1) is 13.6. The molecule has 0 saturated heterocycles. The second-order valence-electron chi connectivity index (χ2n) is 7.39. The van der Waals surface area contributed by atoms with Crippen molar-refractivity contribution in [2.75, 3.05) is 26.2 Å². The van der Waals surface area contributed by atoms with Crippen LogP contribution in [0.1, 0.15) is 26.7 Å². The first-order valence-electron chi connectivity index (χ1n) is 10.1. The van der Waals surface area contributed by atoms with Crippen molar-refractivity contribution in [1.29, 1.82) is 0 Å². The summed E-state index contributed by atoms with van der Waals surface area (Å²) in [6.45, 7) is 23.1. The monoisotopic (exact) mass is 499 g/mol. The fourth-order valence-electron chi connectivity index (χ4n) is 4.18. The van der Waals surface area contributed by atoms with E-state index in [1.807, 2.05) is 0 Å². The van der Waals surface area contributed by atoms with Crippen LogP contribution in [0.2, 0.25) is 0 Å². The Labute approximate surface area is 203 Å². The van der Waals surface area contributed by atoms with Gasteiger partial charge in [-0.1, -0.05) is 0 Å². The fourth-order valence-corrected chi connectivity index (χ4v) is 21.8. The minimum atomic E-state index is -1.75. The molecule has 0 aromatic heterocycles. The van der Waals surface area contributed by atoms with E-state index in [2.05, 4.69) is 97.9 Å². The molecule has 0 aliphatic heterocycles. The molecular formula is C24H37Cl2N2SiTi. The summed E-state index contributed by atoms with van der Waals surface area (Å²) in [5, 5.41) is 0. The Kier molecular flexibility index (Phi) is 14.9. The molecule has 0 saturated carbocycles. The van der Waals surface area contributed by atoms with Crippen LogP contribution >= 0.6 is 24.8 Å². The van der Waals surface area contributed by atoms with E-state index >= 15 is 0 Å². The van der Waals surface area contributed by atoms with Gasteiger partial charge in [0.15, 0.2) is 0 Å². The molecule has 0 aromatic rings. The quantitative estimate of drug-likeness (QED) is 0.227. The average Bonchev–Trinajstić information content (AvgIpc) is 3.28. The number of rotatable bonds is 13. The van der Waals surface area contributed by atoms with E-state index < -0.39 is 24.1 Å². The Hall–Kier alpha value is -0.649. The van der Waals surface area contributed by atoms with Crippen molar-refractivity contribution in [2.24, 2.45) is 0 Å². The minimum Gasteiger partial charge on any atom is -0.147 e. The van der Waals surface area contributed by atoms with Gasteiger partial charge in [0.1, 0.15) is 0 Å². The van der Waals surface area contributed by atoms with Gasteiger partial charge in [0.05, 0.1) is 0 Å². The summed E-state index contributed by atoms with van der Waals surface area (Å²) >= 11 is -1.75. The van der Waals surface area contributed by atoms with Gasteiger partial charge >= 0.3 is 180 Å². The molecule has 0 amide bonds. The molecule has 30 heavy (non-hydrogen) atoms. The van der Waals surface area contributed by atoms with Gasteiger partial charge in [-0.15, -0.1) is 24.8 Å². The number of halogens is 2. The molecule has 0 atom stereocenters. The maximum atomic E-state index is 4.06. The molecule has 0 unspecified atom stereocenters. The standard InChI is InChI=1S/C12H21N2Si.2C6H7.2ClH.Ti/c1-5-9-13(10-6-2)15-14(11-7-3)12-8-4;2*1-6-4-2-3-5-6;;;/h5-8,15H,1-4,9-12H2;2*2,4H,3H2,1H3;2*1H;. The molecule has 0 fully saturated rings. The van der Waals surface area contributed by atoms with Gasteiger partial charge < -0.3 is 0 Å². The van der Waals surface area contributed by atoms with Crippen molar-refractivity contribution in [3.63, 3.8) is 0 Å². The van der Waals surface area contributed by atoms with Crippen molar-refractivity contribution in [3.05, 3.63) is 93.8 Å². The maximum absolute atomic E-state index is 4.06. The molecule has 0 heterocycles. The zero-order chi connectivity index (χ0) is 20.5. The maximum Gasteiger partial charge on any atom is -0.147 e. The van der Waals surface area contributed by atoms with Gasteiger partial charge in [0.25, 0.3) is 0 Å². The van der Waals surface area contributed by atoms with Crippen LogP contribution in [0.5, 0.6) is 0 Å². The summed E-state index contributed by atoms with van der Waals surface area (Å²) in [5.74, 6) is 0. The summed E-state index contributed by atoms with van der Waals surface area (Å²) in [5.41, 5.74) is 3.02. The van der Waals surface area contributed by atoms with Gasteiger partial charge in [0, 0.05) is 0 Å². The van der Waals surface area contributed by atoms with Gasteiger partial charge in [-0.3, -0.25) is 0 Å². The van der Waals surface area contributed by atoms with Gasteiger partial charge in [-0.25, -0.2) is 0 Å². The Morgan fingerprint density at radius 1 is 0.767 bits per heavy atom. The average molecular weight is 500 g/mol. The van der Waals surface area contributed by atoms with Crippen LogP contribution in [-0.4, -0.2) is 42.3 Å². The molecular weight excluding hydrogens is 463 g/mol. The van der Waals surface area contributed by atoms with Crippen LogP contribution < -0.4 is 0 Å². The van der Waals surface area contributed by atoms with Crippen molar-refractivity contribution < 1.29 is 17.1 Å². The van der Waals surface area contributed by atoms with Crippen LogP contribution in [0.15, 0.2) is 93.8 Å². The summed E-state index contributed by atoms with van der Waals surface area (Å²) in [6.07, 6.45) is 19.9. The second kappa shape index (κ2) is 15.2. The van der Waals surface area contributed by atoms with Gasteiger partial charge in [-0.05, 0) is 0 Å². The van der Waals surface area contributed by atoms with Gasteiger partial charge in [-0.2, -0.15) is 0 Å². The second-order valence-corrected chi connectivity index (χ2v) is 17.6. The first kappa shape index (κ1) is 29.4. The Morgan fingerprint density at radius 2 is 1.10 bits per heavy atom. The molecule has 0 N–H and O–H groups in total. The van der Waals surface area contributed by atoms with E-state index in [0.717, 1.165) is 39.0 Å². The molecule has 0 radical (unpaired) electrons. The number of nitrogens with zero attached hydrogens (tertiary/aromatic N) is 2. The predicted octanol–water partition coefficient (Wildman–Crippen LogP) is 5.98. The molecule has 2 aliphatic rings. The van der Waals surface area contributed by atoms with E-state index in [1.165, 1.54) is 11.1 Å². The van der Waals surface area contributed by atoms with Crippen LogP contribution in [0.25, 0.3) is 0 Å². The largest absolute Gasteiger partial charge is 0.147 e. The topological polar surface area (TPSA) is 6.48 Å². The van der Waals surface area contributed by atoms with Gasteiger partial charge in [0.2, 0.25) is 0 Å². The van der Waals surface area contributed by atoms with Crippen LogP contribution in [0, 0.1) is 0 Å². The zero-order valence-electron chi connectivity index (χ0n) is 18.5. The number of hydrogen-bond donors (Lipinski definition) is 0. The first-order valence-corrected chi connectivity index (χ1v) is 16.0. The van der Waals surface area contributed by atoms with E-state index in [4.69, 9.17) is 0 Å². The molecule has 0 bridgehead atoms. The minimum absolute atomic E-state index is 0. The summed E-state index contributed by atoms with van der Waals surface area (Å²) in [6, 6.07) is 0. The van der Waals surface area contributed by atoms with Crippen LogP contribution in [0.4, 0.5) is 0 Å². The predicted molar refractivity (Wildman–Crippen MR) is 138 cm³/mol. The van der Waals surface area contributed by atoms with Crippen LogP contribution in [-0.2, 0) is 17.1 Å². The zero-order valence-corrected chi connectivity index (χ0v) is 22.8. The molecule has 2 aliphatic carbocycles. The molecule has 165 valence electrons. The smallest absolute Gasteiger partial charge is 0.147 e. The molecule has 6 heteroatoms. The van der Waals surface area contributed by atoms with E-state index in [9.17, 15) is 0 Å². The third-order valence-corrected chi connectivity index (χ3v) is 20.7. The summed E-state index contributed by atoms with van der Waals surface area (Å²) in [4.78, 5) is 0. The third-order valence-electron chi connectivity index (χ3n) is 5.39. The molecule has 0 spiro atoms. The Morgan fingerprint density at radius 3 is 1.33 bits per heavy atom. The Bertz CT molecular complexity index is 659. The van der Waals surface area contributed by atoms with Crippen LogP contribution in [0.3, 0.4) is 0 Å². The molecule has 2 rings (SSSR count). The van der Waals surface area contributed by atoms with E-state index in [0.29, 0.717) is 0 Å². The summed E-state index contributed by atoms with van der Waals surface area (Å²) in [7, 11) is 0.